The van der Waals surface area contributed by atoms with Gasteiger partial charge in [-0.1, -0.05) is 42.5 Å². The van der Waals surface area contributed by atoms with Crippen molar-refractivity contribution in [1.82, 2.24) is 4.90 Å². The zero-order valence-electron chi connectivity index (χ0n) is 13.7. The van der Waals surface area contributed by atoms with Crippen molar-refractivity contribution in [2.75, 3.05) is 32.0 Å². The Kier molecular flexibility index (Phi) is 5.54. The lowest BCUT2D eigenvalue weighted by atomic mass is 9.90. The molecule has 3 rings (SSSR count). The smallest absolute Gasteiger partial charge is 0.142 e. The molecule has 2 aromatic carbocycles. The Hall–Kier alpha value is -2.00. The molecule has 0 spiro atoms. The van der Waals surface area contributed by atoms with Crippen LogP contribution in [-0.2, 0) is 6.42 Å². The SMILES string of the molecule is Nc1ccccc1OCCN1CCC(Cc2ccccc2)CC1. The van der Waals surface area contributed by atoms with Gasteiger partial charge in [0.15, 0.2) is 0 Å². The maximum absolute atomic E-state index is 5.89. The van der Waals surface area contributed by atoms with E-state index >= 15 is 0 Å². The van der Waals surface area contributed by atoms with Gasteiger partial charge in [0.05, 0.1) is 5.69 Å². The second kappa shape index (κ2) is 8.02. The lowest BCUT2D eigenvalue weighted by Crippen LogP contribution is -2.37. The summed E-state index contributed by atoms with van der Waals surface area (Å²) in [6.07, 6.45) is 3.77. The second-order valence-corrected chi connectivity index (χ2v) is 6.36. The van der Waals surface area contributed by atoms with Crippen molar-refractivity contribution in [1.29, 1.82) is 0 Å². The van der Waals surface area contributed by atoms with Crippen LogP contribution in [0.15, 0.2) is 54.6 Å². The van der Waals surface area contributed by atoms with Crippen LogP contribution in [0.5, 0.6) is 5.75 Å². The predicted octanol–water partition coefficient (Wildman–Crippen LogP) is 3.60. The fourth-order valence-corrected chi connectivity index (χ4v) is 3.26. The first-order valence-electron chi connectivity index (χ1n) is 8.55. The Labute approximate surface area is 139 Å². The van der Waals surface area contributed by atoms with Crippen molar-refractivity contribution >= 4 is 5.69 Å². The van der Waals surface area contributed by atoms with E-state index < -0.39 is 0 Å². The molecule has 1 aliphatic heterocycles. The van der Waals surface area contributed by atoms with Gasteiger partial charge in [-0.15, -0.1) is 0 Å². The molecule has 1 fully saturated rings. The Morgan fingerprint density at radius 2 is 1.65 bits per heavy atom. The normalized spacial score (nSPS) is 16.3. The molecule has 0 aliphatic carbocycles. The topological polar surface area (TPSA) is 38.5 Å². The molecule has 1 saturated heterocycles. The number of nitrogen functional groups attached to an aromatic ring is 1. The van der Waals surface area contributed by atoms with Crippen molar-refractivity contribution in [3.05, 3.63) is 60.2 Å². The maximum Gasteiger partial charge on any atom is 0.142 e. The first-order chi connectivity index (χ1) is 11.3. The minimum Gasteiger partial charge on any atom is -0.490 e. The third-order valence-corrected chi connectivity index (χ3v) is 4.66. The highest BCUT2D eigenvalue weighted by molar-refractivity contribution is 5.51. The number of piperidine rings is 1. The summed E-state index contributed by atoms with van der Waals surface area (Å²) < 4.78 is 5.80. The van der Waals surface area contributed by atoms with Gasteiger partial charge in [-0.25, -0.2) is 0 Å². The number of anilines is 1. The number of likely N-dealkylation sites (tertiary alicyclic amines) is 1. The molecule has 1 heterocycles. The summed E-state index contributed by atoms with van der Waals surface area (Å²) in [6, 6.07) is 18.5. The number of benzene rings is 2. The summed E-state index contributed by atoms with van der Waals surface area (Å²) >= 11 is 0. The van der Waals surface area contributed by atoms with Gasteiger partial charge < -0.3 is 10.5 Å². The average molecular weight is 310 g/mol. The number of rotatable bonds is 6. The number of hydrogen-bond donors (Lipinski definition) is 1. The third kappa shape index (κ3) is 4.73. The van der Waals surface area contributed by atoms with Crippen molar-refractivity contribution in [3.8, 4) is 5.75 Å². The number of hydrogen-bond acceptors (Lipinski definition) is 3. The molecule has 0 aromatic heterocycles. The fourth-order valence-electron chi connectivity index (χ4n) is 3.26. The largest absolute Gasteiger partial charge is 0.490 e. The summed E-state index contributed by atoms with van der Waals surface area (Å²) in [7, 11) is 0. The van der Waals surface area contributed by atoms with E-state index in [1.54, 1.807) is 0 Å². The Bertz CT molecular complexity index is 592. The zero-order valence-corrected chi connectivity index (χ0v) is 13.7. The molecule has 0 amide bonds. The molecule has 3 heteroatoms. The van der Waals surface area contributed by atoms with Crippen LogP contribution in [0.3, 0.4) is 0 Å². The molecule has 0 unspecified atom stereocenters. The third-order valence-electron chi connectivity index (χ3n) is 4.66. The average Bonchev–Trinajstić information content (AvgIpc) is 2.59. The van der Waals surface area contributed by atoms with Gasteiger partial charge >= 0.3 is 0 Å². The lowest BCUT2D eigenvalue weighted by Gasteiger charge is -2.32. The van der Waals surface area contributed by atoms with Gasteiger partial charge in [-0.2, -0.15) is 0 Å². The minimum atomic E-state index is 0.706. The summed E-state index contributed by atoms with van der Waals surface area (Å²) in [6.45, 7) is 4.03. The van der Waals surface area contributed by atoms with E-state index in [0.717, 1.165) is 18.2 Å². The van der Waals surface area contributed by atoms with Crippen LogP contribution in [0.1, 0.15) is 18.4 Å². The molecule has 3 nitrogen and oxygen atoms in total. The van der Waals surface area contributed by atoms with E-state index in [-0.39, 0.29) is 0 Å². The highest BCUT2D eigenvalue weighted by atomic mass is 16.5. The van der Waals surface area contributed by atoms with Gasteiger partial charge in [0.1, 0.15) is 12.4 Å². The molecule has 0 bridgehead atoms. The summed E-state index contributed by atoms with van der Waals surface area (Å²) in [5.41, 5.74) is 8.08. The Morgan fingerprint density at radius 3 is 2.39 bits per heavy atom. The van der Waals surface area contributed by atoms with Crippen molar-refractivity contribution in [2.24, 2.45) is 5.92 Å². The number of nitrogens with zero attached hydrogens (tertiary/aromatic N) is 1. The van der Waals surface area contributed by atoms with Crippen LogP contribution in [0.4, 0.5) is 5.69 Å². The highest BCUT2D eigenvalue weighted by Crippen LogP contribution is 2.22. The molecule has 122 valence electrons. The van der Waals surface area contributed by atoms with E-state index in [1.165, 1.54) is 37.9 Å². The Balaban J connectivity index is 1.37. The van der Waals surface area contributed by atoms with Crippen LogP contribution in [0, 0.1) is 5.92 Å². The van der Waals surface area contributed by atoms with E-state index in [1.807, 2.05) is 24.3 Å². The first-order valence-corrected chi connectivity index (χ1v) is 8.55. The van der Waals surface area contributed by atoms with Gasteiger partial charge in [-0.05, 0) is 56.0 Å². The number of ether oxygens (including phenoxy) is 1. The number of nitrogens with two attached hydrogens (primary N) is 1. The van der Waals surface area contributed by atoms with Gasteiger partial charge in [0.25, 0.3) is 0 Å². The highest BCUT2D eigenvalue weighted by Gasteiger charge is 2.19. The van der Waals surface area contributed by atoms with E-state index in [9.17, 15) is 0 Å². The number of para-hydroxylation sites is 2. The monoisotopic (exact) mass is 310 g/mol. The van der Waals surface area contributed by atoms with E-state index in [2.05, 4.69) is 35.2 Å². The molecule has 23 heavy (non-hydrogen) atoms. The van der Waals surface area contributed by atoms with E-state index in [0.29, 0.717) is 12.3 Å². The van der Waals surface area contributed by atoms with Gasteiger partial charge in [0.2, 0.25) is 0 Å². The molecule has 0 radical (unpaired) electrons. The van der Waals surface area contributed by atoms with Gasteiger partial charge in [-0.3, -0.25) is 4.90 Å². The maximum atomic E-state index is 5.89. The second-order valence-electron chi connectivity index (χ2n) is 6.36. The van der Waals surface area contributed by atoms with Crippen LogP contribution in [-0.4, -0.2) is 31.1 Å². The summed E-state index contributed by atoms with van der Waals surface area (Å²) in [5, 5.41) is 0. The lowest BCUT2D eigenvalue weighted by molar-refractivity contribution is 0.155. The summed E-state index contributed by atoms with van der Waals surface area (Å²) in [4.78, 5) is 2.50. The Morgan fingerprint density at radius 1 is 0.957 bits per heavy atom. The fraction of sp³-hybridized carbons (Fsp3) is 0.400. The molecule has 2 aromatic rings. The molecular weight excluding hydrogens is 284 g/mol. The first kappa shape index (κ1) is 15.9. The van der Waals surface area contributed by atoms with Crippen LogP contribution < -0.4 is 10.5 Å². The van der Waals surface area contributed by atoms with Crippen molar-refractivity contribution < 1.29 is 4.74 Å². The van der Waals surface area contributed by atoms with Crippen molar-refractivity contribution in [3.63, 3.8) is 0 Å². The van der Waals surface area contributed by atoms with E-state index in [4.69, 9.17) is 10.5 Å². The minimum absolute atomic E-state index is 0.706. The zero-order chi connectivity index (χ0) is 15.9. The molecule has 2 N–H and O–H groups in total. The molecule has 0 saturated carbocycles. The van der Waals surface area contributed by atoms with Crippen LogP contribution >= 0.6 is 0 Å². The predicted molar refractivity (Wildman–Crippen MR) is 95.7 cm³/mol. The van der Waals surface area contributed by atoms with Crippen molar-refractivity contribution in [2.45, 2.75) is 19.3 Å². The molecule has 0 atom stereocenters. The standard InChI is InChI=1S/C20H26N2O/c21-19-8-4-5-9-20(19)23-15-14-22-12-10-18(11-13-22)16-17-6-2-1-3-7-17/h1-9,18H,10-16,21H2. The summed E-state index contributed by atoms with van der Waals surface area (Å²) in [5.74, 6) is 1.62. The van der Waals surface area contributed by atoms with Crippen LogP contribution in [0.2, 0.25) is 0 Å². The van der Waals surface area contributed by atoms with Gasteiger partial charge in [0, 0.05) is 6.54 Å². The quantitative estimate of drug-likeness (QED) is 0.829. The molecule has 1 aliphatic rings. The van der Waals surface area contributed by atoms with Crippen LogP contribution in [0.25, 0.3) is 0 Å². The molecular formula is C20H26N2O.